The predicted octanol–water partition coefficient (Wildman–Crippen LogP) is 1.58. The molecular formula is C12H18N2O2S. The fourth-order valence-electron chi connectivity index (χ4n) is 1.26. The molecule has 0 aliphatic heterocycles. The maximum absolute atomic E-state index is 11.5. The van der Waals surface area contributed by atoms with Gasteiger partial charge in [-0.15, -0.1) is 11.8 Å². The first-order valence-electron chi connectivity index (χ1n) is 5.40. The van der Waals surface area contributed by atoms with Gasteiger partial charge in [-0.05, 0) is 30.5 Å². The summed E-state index contributed by atoms with van der Waals surface area (Å²) in [5.41, 5.74) is 0.821. The number of nitrogens with one attached hydrogen (secondary N) is 2. The molecule has 1 aromatic rings. The third-order valence-corrected chi connectivity index (χ3v) is 2.89. The molecule has 0 fully saturated rings. The lowest BCUT2D eigenvalue weighted by atomic mass is 10.3. The Balaban J connectivity index is 2.29. The third kappa shape index (κ3) is 5.72. The van der Waals surface area contributed by atoms with Crippen molar-refractivity contribution in [2.45, 2.75) is 4.90 Å². The zero-order valence-electron chi connectivity index (χ0n) is 10.2. The Labute approximate surface area is 106 Å². The molecule has 0 spiro atoms. The molecule has 0 saturated carbocycles. The fourth-order valence-corrected chi connectivity index (χ4v) is 1.66. The van der Waals surface area contributed by atoms with Crippen molar-refractivity contribution >= 4 is 23.4 Å². The lowest BCUT2D eigenvalue weighted by Gasteiger charge is -2.06. The topological polar surface area (TPSA) is 50.4 Å². The van der Waals surface area contributed by atoms with E-state index in [1.54, 1.807) is 18.9 Å². The van der Waals surface area contributed by atoms with Crippen LogP contribution in [0.3, 0.4) is 0 Å². The zero-order valence-corrected chi connectivity index (χ0v) is 11.0. The molecule has 1 aromatic carbocycles. The largest absolute Gasteiger partial charge is 0.383 e. The first-order chi connectivity index (χ1) is 8.26. The van der Waals surface area contributed by atoms with Gasteiger partial charge in [0.2, 0.25) is 5.91 Å². The van der Waals surface area contributed by atoms with Gasteiger partial charge in [0.15, 0.2) is 0 Å². The summed E-state index contributed by atoms with van der Waals surface area (Å²) in [7, 11) is 1.63. The highest BCUT2D eigenvalue weighted by Gasteiger charge is 2.01. The number of ether oxygens (including phenoxy) is 1. The van der Waals surface area contributed by atoms with Gasteiger partial charge in [-0.2, -0.15) is 0 Å². The van der Waals surface area contributed by atoms with Gasteiger partial charge in [0, 0.05) is 24.2 Å². The lowest BCUT2D eigenvalue weighted by molar-refractivity contribution is -0.115. The normalized spacial score (nSPS) is 10.2. The molecule has 0 saturated heterocycles. The minimum atomic E-state index is -0.0435. The van der Waals surface area contributed by atoms with E-state index in [0.29, 0.717) is 19.7 Å². The van der Waals surface area contributed by atoms with Crippen molar-refractivity contribution in [2.24, 2.45) is 0 Å². The van der Waals surface area contributed by atoms with Gasteiger partial charge >= 0.3 is 0 Å². The Hall–Kier alpha value is -1.04. The summed E-state index contributed by atoms with van der Waals surface area (Å²) in [6.45, 7) is 1.58. The molecule has 5 heteroatoms. The summed E-state index contributed by atoms with van der Waals surface area (Å²) in [6, 6.07) is 7.77. The van der Waals surface area contributed by atoms with Crippen molar-refractivity contribution in [2.75, 3.05) is 38.4 Å². The van der Waals surface area contributed by atoms with Crippen molar-refractivity contribution in [3.63, 3.8) is 0 Å². The number of benzene rings is 1. The molecule has 0 unspecified atom stereocenters. The minimum absolute atomic E-state index is 0.0435. The highest BCUT2D eigenvalue weighted by molar-refractivity contribution is 7.98. The maximum atomic E-state index is 11.5. The molecule has 4 nitrogen and oxygen atoms in total. The maximum Gasteiger partial charge on any atom is 0.238 e. The Bertz CT molecular complexity index is 341. The first kappa shape index (κ1) is 14.0. The molecule has 1 rings (SSSR count). The molecule has 1 amide bonds. The van der Waals surface area contributed by atoms with Crippen LogP contribution in [0.25, 0.3) is 0 Å². The molecule has 0 aliphatic rings. The van der Waals surface area contributed by atoms with E-state index in [1.807, 2.05) is 30.5 Å². The average Bonchev–Trinajstić information content (AvgIpc) is 2.36. The van der Waals surface area contributed by atoms with Crippen LogP contribution in [0.1, 0.15) is 0 Å². The van der Waals surface area contributed by atoms with Crippen LogP contribution in [0, 0.1) is 0 Å². The van der Waals surface area contributed by atoms with Gasteiger partial charge in [0.1, 0.15) is 0 Å². The molecule has 0 aromatic heterocycles. The van der Waals surface area contributed by atoms with E-state index in [9.17, 15) is 4.79 Å². The van der Waals surface area contributed by atoms with E-state index < -0.39 is 0 Å². The monoisotopic (exact) mass is 254 g/mol. The molecule has 17 heavy (non-hydrogen) atoms. The van der Waals surface area contributed by atoms with E-state index in [2.05, 4.69) is 10.6 Å². The minimum Gasteiger partial charge on any atom is -0.383 e. The summed E-state index contributed by atoms with van der Waals surface area (Å²) < 4.78 is 4.87. The molecule has 2 N–H and O–H groups in total. The number of carbonyl (C=O) groups is 1. The highest BCUT2D eigenvalue weighted by Crippen LogP contribution is 2.17. The second-order valence-corrected chi connectivity index (χ2v) is 4.33. The van der Waals surface area contributed by atoms with Gasteiger partial charge in [-0.1, -0.05) is 0 Å². The average molecular weight is 254 g/mol. The Kier molecular flexibility index (Phi) is 6.69. The van der Waals surface area contributed by atoms with E-state index in [4.69, 9.17) is 4.74 Å². The van der Waals surface area contributed by atoms with Gasteiger partial charge in [-0.25, -0.2) is 0 Å². The summed E-state index contributed by atoms with van der Waals surface area (Å²) >= 11 is 1.68. The van der Waals surface area contributed by atoms with Gasteiger partial charge < -0.3 is 15.4 Å². The van der Waals surface area contributed by atoms with Crippen LogP contribution in [0.15, 0.2) is 29.2 Å². The smallest absolute Gasteiger partial charge is 0.238 e. The SMILES string of the molecule is COCCNCC(=O)Nc1ccc(SC)cc1. The van der Waals surface area contributed by atoms with Crippen molar-refractivity contribution in [3.8, 4) is 0 Å². The van der Waals surface area contributed by atoms with Crippen LogP contribution in [0.4, 0.5) is 5.69 Å². The molecule has 0 heterocycles. The predicted molar refractivity (Wildman–Crippen MR) is 71.6 cm³/mol. The number of amides is 1. The van der Waals surface area contributed by atoms with E-state index >= 15 is 0 Å². The van der Waals surface area contributed by atoms with Crippen LogP contribution < -0.4 is 10.6 Å². The third-order valence-electron chi connectivity index (χ3n) is 2.14. The number of anilines is 1. The fraction of sp³-hybridized carbons (Fsp3) is 0.417. The summed E-state index contributed by atoms with van der Waals surface area (Å²) in [5.74, 6) is -0.0435. The molecule has 0 aliphatic carbocycles. The van der Waals surface area contributed by atoms with Crippen molar-refractivity contribution < 1.29 is 9.53 Å². The second-order valence-electron chi connectivity index (χ2n) is 3.45. The zero-order chi connectivity index (χ0) is 12.5. The van der Waals surface area contributed by atoms with E-state index in [0.717, 1.165) is 5.69 Å². The van der Waals surface area contributed by atoms with Crippen LogP contribution in [-0.2, 0) is 9.53 Å². The molecular weight excluding hydrogens is 236 g/mol. The summed E-state index contributed by atoms with van der Waals surface area (Å²) in [6.07, 6.45) is 2.02. The molecule has 94 valence electrons. The van der Waals surface area contributed by atoms with Crippen LogP contribution in [0.2, 0.25) is 0 Å². The number of thioether (sulfide) groups is 1. The highest BCUT2D eigenvalue weighted by atomic mass is 32.2. The van der Waals surface area contributed by atoms with Crippen molar-refractivity contribution in [3.05, 3.63) is 24.3 Å². The summed E-state index contributed by atoms with van der Waals surface area (Å²) in [5, 5.41) is 5.81. The van der Waals surface area contributed by atoms with Crippen LogP contribution in [-0.4, -0.2) is 39.0 Å². The number of hydrogen-bond acceptors (Lipinski definition) is 4. The molecule has 0 radical (unpaired) electrons. The number of methoxy groups -OCH3 is 1. The van der Waals surface area contributed by atoms with Gasteiger partial charge in [0.05, 0.1) is 13.2 Å². The lowest BCUT2D eigenvalue weighted by Crippen LogP contribution is -2.30. The standard InChI is InChI=1S/C12H18N2O2S/c1-16-8-7-13-9-12(15)14-10-3-5-11(17-2)6-4-10/h3-6,13H,7-9H2,1-2H3,(H,14,15). The van der Waals surface area contributed by atoms with Crippen molar-refractivity contribution in [1.29, 1.82) is 0 Å². The molecule has 0 atom stereocenters. The van der Waals surface area contributed by atoms with Gasteiger partial charge in [-0.3, -0.25) is 4.79 Å². The van der Waals surface area contributed by atoms with E-state index in [1.165, 1.54) is 4.90 Å². The quantitative estimate of drug-likeness (QED) is 0.573. The first-order valence-corrected chi connectivity index (χ1v) is 6.62. The Morgan fingerprint density at radius 1 is 1.35 bits per heavy atom. The van der Waals surface area contributed by atoms with Crippen LogP contribution >= 0.6 is 11.8 Å². The van der Waals surface area contributed by atoms with Crippen molar-refractivity contribution in [1.82, 2.24) is 5.32 Å². The Morgan fingerprint density at radius 2 is 2.06 bits per heavy atom. The number of carbonyl (C=O) groups excluding carboxylic acids is 1. The van der Waals surface area contributed by atoms with Gasteiger partial charge in [0.25, 0.3) is 0 Å². The second kappa shape index (κ2) is 8.11. The van der Waals surface area contributed by atoms with Crippen LogP contribution in [0.5, 0.6) is 0 Å². The Morgan fingerprint density at radius 3 is 2.65 bits per heavy atom. The summed E-state index contributed by atoms with van der Waals surface area (Å²) in [4.78, 5) is 12.7. The number of rotatable bonds is 7. The number of hydrogen-bond donors (Lipinski definition) is 2. The molecule has 0 bridgehead atoms. The van der Waals surface area contributed by atoms with E-state index in [-0.39, 0.29) is 5.91 Å².